The van der Waals surface area contributed by atoms with Crippen molar-refractivity contribution in [2.75, 3.05) is 25.5 Å². The molecule has 1 amide bonds. The van der Waals surface area contributed by atoms with Crippen LogP contribution < -0.4 is 15.4 Å². The fraction of sp³-hybridized carbons (Fsp3) is 0.235. The van der Waals surface area contributed by atoms with Gasteiger partial charge in [-0.2, -0.15) is 0 Å². The summed E-state index contributed by atoms with van der Waals surface area (Å²) in [5.74, 6) is 0.405. The first kappa shape index (κ1) is 15.8. The van der Waals surface area contributed by atoms with Gasteiger partial charge in [-0.15, -0.1) is 0 Å². The molecular weight excluding hydrogens is 283 g/mol. The van der Waals surface area contributed by atoms with Crippen molar-refractivity contribution >= 4 is 11.6 Å². The van der Waals surface area contributed by atoms with E-state index >= 15 is 0 Å². The Morgan fingerprint density at radius 2 is 1.95 bits per heavy atom. The standard InChI is InChI=1S/C17H19FN2O2/c1-22-16-4-2-3-13(11-16)9-10-19-17(21)12-20-15-7-5-14(18)6-8-15/h2-8,11,20H,9-10,12H2,1H3,(H,19,21). The van der Waals surface area contributed by atoms with Crippen LogP contribution in [0.5, 0.6) is 5.75 Å². The van der Waals surface area contributed by atoms with Crippen molar-refractivity contribution in [2.24, 2.45) is 0 Å². The molecule has 0 atom stereocenters. The van der Waals surface area contributed by atoms with Gasteiger partial charge in [-0.25, -0.2) is 4.39 Å². The molecule has 5 heteroatoms. The minimum Gasteiger partial charge on any atom is -0.497 e. The molecule has 0 aliphatic carbocycles. The summed E-state index contributed by atoms with van der Waals surface area (Å²) in [5.41, 5.74) is 1.82. The molecule has 0 saturated carbocycles. The number of carbonyl (C=O) groups excluding carboxylic acids is 1. The molecule has 0 spiro atoms. The SMILES string of the molecule is COc1cccc(CCNC(=O)CNc2ccc(F)cc2)c1. The van der Waals surface area contributed by atoms with Crippen molar-refractivity contribution < 1.29 is 13.9 Å². The van der Waals surface area contributed by atoms with Crippen LogP contribution >= 0.6 is 0 Å². The molecule has 0 fully saturated rings. The molecule has 116 valence electrons. The highest BCUT2D eigenvalue weighted by atomic mass is 19.1. The topological polar surface area (TPSA) is 50.4 Å². The number of benzene rings is 2. The zero-order valence-electron chi connectivity index (χ0n) is 12.4. The summed E-state index contributed by atoms with van der Waals surface area (Å²) in [6.45, 7) is 0.709. The van der Waals surface area contributed by atoms with E-state index in [1.165, 1.54) is 12.1 Å². The Balaban J connectivity index is 1.70. The third-order valence-corrected chi connectivity index (χ3v) is 3.17. The molecule has 4 nitrogen and oxygen atoms in total. The second-order valence-electron chi connectivity index (χ2n) is 4.81. The highest BCUT2D eigenvalue weighted by Gasteiger charge is 2.02. The van der Waals surface area contributed by atoms with E-state index in [4.69, 9.17) is 4.74 Å². The predicted molar refractivity (Wildman–Crippen MR) is 84.6 cm³/mol. The quantitative estimate of drug-likeness (QED) is 0.826. The van der Waals surface area contributed by atoms with Gasteiger partial charge in [0.05, 0.1) is 13.7 Å². The molecule has 0 unspecified atom stereocenters. The van der Waals surface area contributed by atoms with E-state index in [9.17, 15) is 9.18 Å². The summed E-state index contributed by atoms with van der Waals surface area (Å²) in [5, 5.41) is 5.77. The molecule has 0 saturated heterocycles. The van der Waals surface area contributed by atoms with Gasteiger partial charge in [0.2, 0.25) is 5.91 Å². The summed E-state index contributed by atoms with van der Waals surface area (Å²) in [6, 6.07) is 13.6. The molecule has 0 bridgehead atoms. The highest BCUT2D eigenvalue weighted by molar-refractivity contribution is 5.80. The van der Waals surface area contributed by atoms with Crippen LogP contribution in [0.4, 0.5) is 10.1 Å². The molecule has 0 aliphatic heterocycles. The number of anilines is 1. The predicted octanol–water partition coefficient (Wildman–Crippen LogP) is 2.61. The maximum atomic E-state index is 12.8. The lowest BCUT2D eigenvalue weighted by Crippen LogP contribution is -2.31. The van der Waals surface area contributed by atoms with E-state index in [-0.39, 0.29) is 18.3 Å². The lowest BCUT2D eigenvalue weighted by atomic mass is 10.1. The Kier molecular flexibility index (Phi) is 5.77. The van der Waals surface area contributed by atoms with E-state index in [1.807, 2.05) is 24.3 Å². The van der Waals surface area contributed by atoms with Gasteiger partial charge in [-0.1, -0.05) is 12.1 Å². The molecule has 0 aromatic heterocycles. The van der Waals surface area contributed by atoms with Crippen LogP contribution in [-0.4, -0.2) is 26.1 Å². The number of rotatable bonds is 7. The molecule has 22 heavy (non-hydrogen) atoms. The van der Waals surface area contributed by atoms with E-state index in [2.05, 4.69) is 10.6 Å². The van der Waals surface area contributed by atoms with Gasteiger partial charge in [-0.3, -0.25) is 4.79 Å². The highest BCUT2D eigenvalue weighted by Crippen LogP contribution is 2.12. The number of carbonyl (C=O) groups is 1. The molecule has 0 heterocycles. The Morgan fingerprint density at radius 3 is 2.68 bits per heavy atom. The summed E-state index contributed by atoms with van der Waals surface area (Å²) in [4.78, 5) is 11.7. The summed E-state index contributed by atoms with van der Waals surface area (Å²) < 4.78 is 17.9. The average Bonchev–Trinajstić information content (AvgIpc) is 2.54. The number of amides is 1. The Labute approximate surface area is 129 Å². The Bertz CT molecular complexity index is 614. The van der Waals surface area contributed by atoms with Crippen LogP contribution in [0, 0.1) is 5.82 Å². The first-order valence-electron chi connectivity index (χ1n) is 7.06. The monoisotopic (exact) mass is 302 g/mol. The van der Waals surface area contributed by atoms with Gasteiger partial charge < -0.3 is 15.4 Å². The molecule has 0 radical (unpaired) electrons. The minimum atomic E-state index is -0.298. The van der Waals surface area contributed by atoms with Gasteiger partial charge in [0.25, 0.3) is 0 Å². The van der Waals surface area contributed by atoms with Crippen LogP contribution in [0.3, 0.4) is 0 Å². The van der Waals surface area contributed by atoms with Gasteiger partial charge in [0, 0.05) is 12.2 Å². The zero-order chi connectivity index (χ0) is 15.8. The lowest BCUT2D eigenvalue weighted by Gasteiger charge is -2.08. The van der Waals surface area contributed by atoms with Crippen LogP contribution in [0.2, 0.25) is 0 Å². The minimum absolute atomic E-state index is 0.104. The van der Waals surface area contributed by atoms with Crippen molar-refractivity contribution in [1.82, 2.24) is 5.32 Å². The van der Waals surface area contributed by atoms with E-state index in [0.29, 0.717) is 12.2 Å². The van der Waals surface area contributed by atoms with Crippen LogP contribution in [-0.2, 0) is 11.2 Å². The second kappa shape index (κ2) is 8.02. The second-order valence-corrected chi connectivity index (χ2v) is 4.81. The average molecular weight is 302 g/mol. The third kappa shape index (κ3) is 5.09. The fourth-order valence-corrected chi connectivity index (χ4v) is 1.99. The first-order valence-corrected chi connectivity index (χ1v) is 7.06. The van der Waals surface area contributed by atoms with Crippen molar-refractivity contribution in [1.29, 1.82) is 0 Å². The van der Waals surface area contributed by atoms with E-state index in [1.54, 1.807) is 19.2 Å². The van der Waals surface area contributed by atoms with E-state index < -0.39 is 0 Å². The van der Waals surface area contributed by atoms with Gasteiger partial charge in [0.1, 0.15) is 11.6 Å². The smallest absolute Gasteiger partial charge is 0.239 e. The zero-order valence-corrected chi connectivity index (χ0v) is 12.4. The number of hydrogen-bond donors (Lipinski definition) is 2. The van der Waals surface area contributed by atoms with Crippen molar-refractivity contribution in [3.63, 3.8) is 0 Å². The van der Waals surface area contributed by atoms with Crippen molar-refractivity contribution in [3.8, 4) is 5.75 Å². The molecule has 2 N–H and O–H groups in total. The summed E-state index contributed by atoms with van der Waals surface area (Å²) >= 11 is 0. The Morgan fingerprint density at radius 1 is 1.18 bits per heavy atom. The maximum absolute atomic E-state index is 12.8. The van der Waals surface area contributed by atoms with Crippen molar-refractivity contribution in [2.45, 2.75) is 6.42 Å². The van der Waals surface area contributed by atoms with Gasteiger partial charge >= 0.3 is 0 Å². The lowest BCUT2D eigenvalue weighted by molar-refractivity contribution is -0.119. The maximum Gasteiger partial charge on any atom is 0.239 e. The van der Waals surface area contributed by atoms with Gasteiger partial charge in [-0.05, 0) is 48.4 Å². The molecular formula is C17H19FN2O2. The normalized spacial score (nSPS) is 10.1. The van der Waals surface area contributed by atoms with Crippen molar-refractivity contribution in [3.05, 3.63) is 59.9 Å². The molecule has 2 rings (SSSR count). The summed E-state index contributed by atoms with van der Waals surface area (Å²) in [6.07, 6.45) is 0.736. The molecule has 2 aromatic carbocycles. The molecule has 0 aliphatic rings. The number of halogens is 1. The number of nitrogens with one attached hydrogen (secondary N) is 2. The van der Waals surface area contributed by atoms with Crippen LogP contribution in [0.1, 0.15) is 5.56 Å². The van der Waals surface area contributed by atoms with Crippen LogP contribution in [0.25, 0.3) is 0 Å². The fourth-order valence-electron chi connectivity index (χ4n) is 1.99. The largest absolute Gasteiger partial charge is 0.497 e. The van der Waals surface area contributed by atoms with Crippen LogP contribution in [0.15, 0.2) is 48.5 Å². The number of ether oxygens (including phenoxy) is 1. The first-order chi connectivity index (χ1) is 10.7. The number of hydrogen-bond acceptors (Lipinski definition) is 3. The number of methoxy groups -OCH3 is 1. The molecule has 2 aromatic rings. The summed E-state index contributed by atoms with van der Waals surface area (Å²) in [7, 11) is 1.63. The van der Waals surface area contributed by atoms with Gasteiger partial charge in [0.15, 0.2) is 0 Å². The Hall–Kier alpha value is -2.56. The van der Waals surface area contributed by atoms with E-state index in [0.717, 1.165) is 17.7 Å². The third-order valence-electron chi connectivity index (χ3n) is 3.17.